The molecule has 22 heavy (non-hydrogen) atoms. The van der Waals surface area contributed by atoms with Crippen LogP contribution in [0.1, 0.15) is 32.6 Å². The maximum Gasteiger partial charge on any atom is 0.230 e. The van der Waals surface area contributed by atoms with Crippen LogP contribution in [0.5, 0.6) is 0 Å². The second kappa shape index (κ2) is 7.09. The van der Waals surface area contributed by atoms with Gasteiger partial charge in [-0.15, -0.1) is 0 Å². The summed E-state index contributed by atoms with van der Waals surface area (Å²) in [6.45, 7) is 2.23. The third kappa shape index (κ3) is 3.58. The molecular formula is C17H21N3OS. The van der Waals surface area contributed by atoms with Crippen molar-refractivity contribution in [2.45, 2.75) is 43.7 Å². The molecule has 1 fully saturated rings. The van der Waals surface area contributed by atoms with Crippen LogP contribution in [0.3, 0.4) is 0 Å². The van der Waals surface area contributed by atoms with Gasteiger partial charge < -0.3 is 5.32 Å². The lowest BCUT2D eigenvalue weighted by Crippen LogP contribution is -2.41. The van der Waals surface area contributed by atoms with Crippen LogP contribution in [-0.4, -0.2) is 27.7 Å². The van der Waals surface area contributed by atoms with E-state index in [0.717, 1.165) is 22.3 Å². The number of aromatic nitrogens is 2. The highest BCUT2D eigenvalue weighted by atomic mass is 32.2. The van der Waals surface area contributed by atoms with Gasteiger partial charge in [0.1, 0.15) is 11.4 Å². The molecule has 1 aromatic carbocycles. The predicted octanol–water partition coefficient (Wildman–Crippen LogP) is 3.42. The van der Waals surface area contributed by atoms with E-state index in [1.807, 2.05) is 24.3 Å². The number of hydrogen-bond acceptors (Lipinski definition) is 4. The highest BCUT2D eigenvalue weighted by molar-refractivity contribution is 8.00. The smallest absolute Gasteiger partial charge is 0.230 e. The van der Waals surface area contributed by atoms with E-state index in [0.29, 0.717) is 17.7 Å². The summed E-state index contributed by atoms with van der Waals surface area (Å²) in [5, 5.41) is 5.06. The van der Waals surface area contributed by atoms with Gasteiger partial charge in [-0.05, 0) is 24.8 Å². The van der Waals surface area contributed by atoms with Crippen molar-refractivity contribution >= 4 is 28.6 Å². The Morgan fingerprint density at radius 2 is 2.09 bits per heavy atom. The van der Waals surface area contributed by atoms with Crippen LogP contribution in [0.4, 0.5) is 0 Å². The van der Waals surface area contributed by atoms with Gasteiger partial charge in [-0.25, -0.2) is 9.97 Å². The van der Waals surface area contributed by atoms with Crippen LogP contribution >= 0.6 is 11.8 Å². The summed E-state index contributed by atoms with van der Waals surface area (Å²) >= 11 is 1.48. The molecule has 0 radical (unpaired) electrons. The molecule has 1 amide bonds. The summed E-state index contributed by atoms with van der Waals surface area (Å²) < 4.78 is 0. The molecule has 1 aromatic heterocycles. The maximum absolute atomic E-state index is 12.2. The van der Waals surface area contributed by atoms with E-state index in [1.54, 1.807) is 6.33 Å². The van der Waals surface area contributed by atoms with Crippen molar-refractivity contribution in [2.75, 3.05) is 5.75 Å². The highest BCUT2D eigenvalue weighted by Crippen LogP contribution is 2.25. The molecule has 1 aliphatic rings. The summed E-state index contributed by atoms with van der Waals surface area (Å²) in [5.74, 6) is 1.10. The average Bonchev–Trinajstić information content (AvgIpc) is 2.55. The van der Waals surface area contributed by atoms with Gasteiger partial charge >= 0.3 is 0 Å². The molecule has 3 rings (SSSR count). The summed E-state index contributed by atoms with van der Waals surface area (Å²) in [7, 11) is 0. The lowest BCUT2D eigenvalue weighted by Gasteiger charge is -2.29. The Morgan fingerprint density at radius 3 is 2.95 bits per heavy atom. The van der Waals surface area contributed by atoms with E-state index < -0.39 is 0 Å². The van der Waals surface area contributed by atoms with Crippen molar-refractivity contribution in [1.82, 2.24) is 15.3 Å². The Labute approximate surface area is 135 Å². The first-order valence-corrected chi connectivity index (χ1v) is 8.84. The number of para-hydroxylation sites is 1. The van der Waals surface area contributed by atoms with Crippen molar-refractivity contribution in [2.24, 2.45) is 5.92 Å². The van der Waals surface area contributed by atoms with Crippen LogP contribution in [0, 0.1) is 5.92 Å². The van der Waals surface area contributed by atoms with E-state index in [1.165, 1.54) is 31.0 Å². The fourth-order valence-corrected chi connectivity index (χ4v) is 3.81. The standard InChI is InChI=1S/C17H21N3OS/c1-12-6-2-4-8-14(12)20-16(21)10-22-17-13-7-3-5-9-15(13)18-11-19-17/h3,5,7,9,11-12,14H,2,4,6,8,10H2,1H3,(H,20,21)/t12-,14+/m1/s1. The molecular weight excluding hydrogens is 294 g/mol. The van der Waals surface area contributed by atoms with E-state index in [4.69, 9.17) is 0 Å². The van der Waals surface area contributed by atoms with E-state index in [2.05, 4.69) is 22.2 Å². The number of carbonyl (C=O) groups is 1. The number of benzene rings is 1. The molecule has 1 aliphatic carbocycles. The molecule has 5 heteroatoms. The summed E-state index contributed by atoms with van der Waals surface area (Å²) in [6, 6.07) is 8.23. The molecule has 2 aromatic rings. The first kappa shape index (κ1) is 15.3. The monoisotopic (exact) mass is 315 g/mol. The van der Waals surface area contributed by atoms with Gasteiger partial charge in [0.2, 0.25) is 5.91 Å². The fraction of sp³-hybridized carbons (Fsp3) is 0.471. The Kier molecular flexibility index (Phi) is 4.93. The Balaban J connectivity index is 1.60. The summed E-state index contributed by atoms with van der Waals surface area (Å²) in [6.07, 6.45) is 6.39. The molecule has 0 unspecified atom stereocenters. The van der Waals surface area contributed by atoms with Crippen molar-refractivity contribution in [3.8, 4) is 0 Å². The minimum Gasteiger partial charge on any atom is -0.352 e. The van der Waals surface area contributed by atoms with Crippen molar-refractivity contribution in [3.05, 3.63) is 30.6 Å². The SMILES string of the molecule is C[C@@H]1CCCC[C@@H]1NC(=O)CSc1ncnc2ccccc12. The molecule has 1 saturated carbocycles. The lowest BCUT2D eigenvalue weighted by molar-refractivity contribution is -0.119. The Hall–Kier alpha value is -1.62. The molecule has 4 nitrogen and oxygen atoms in total. The summed E-state index contributed by atoms with van der Waals surface area (Å²) in [5.41, 5.74) is 0.918. The lowest BCUT2D eigenvalue weighted by atomic mass is 9.86. The van der Waals surface area contributed by atoms with Crippen molar-refractivity contribution in [3.63, 3.8) is 0 Å². The number of carbonyl (C=O) groups excluding carboxylic acids is 1. The summed E-state index contributed by atoms with van der Waals surface area (Å²) in [4.78, 5) is 20.8. The number of hydrogen-bond donors (Lipinski definition) is 1. The number of nitrogens with one attached hydrogen (secondary N) is 1. The average molecular weight is 315 g/mol. The Bertz CT molecular complexity index is 656. The van der Waals surface area contributed by atoms with Gasteiger partial charge in [0.05, 0.1) is 11.3 Å². The molecule has 116 valence electrons. The second-order valence-electron chi connectivity index (χ2n) is 5.92. The van der Waals surface area contributed by atoms with Gasteiger partial charge in [-0.1, -0.05) is 49.7 Å². The number of nitrogens with zero attached hydrogens (tertiary/aromatic N) is 2. The third-order valence-corrected chi connectivity index (χ3v) is 5.31. The van der Waals surface area contributed by atoms with E-state index in [-0.39, 0.29) is 5.91 Å². The first-order chi connectivity index (χ1) is 10.7. The van der Waals surface area contributed by atoms with Gasteiger partial charge in [-0.2, -0.15) is 0 Å². The van der Waals surface area contributed by atoms with Gasteiger partial charge in [0.25, 0.3) is 0 Å². The fourth-order valence-electron chi connectivity index (χ4n) is 3.01. The van der Waals surface area contributed by atoms with Crippen LogP contribution in [0.2, 0.25) is 0 Å². The van der Waals surface area contributed by atoms with Gasteiger partial charge in [0.15, 0.2) is 0 Å². The zero-order chi connectivity index (χ0) is 15.4. The topological polar surface area (TPSA) is 54.9 Å². The van der Waals surface area contributed by atoms with Gasteiger partial charge in [-0.3, -0.25) is 4.79 Å². The molecule has 0 bridgehead atoms. The van der Waals surface area contributed by atoms with Crippen LogP contribution in [0.15, 0.2) is 35.6 Å². The quantitative estimate of drug-likeness (QED) is 0.694. The number of fused-ring (bicyclic) bond motifs is 1. The largest absolute Gasteiger partial charge is 0.352 e. The van der Waals surface area contributed by atoms with Crippen LogP contribution < -0.4 is 5.32 Å². The number of thioether (sulfide) groups is 1. The molecule has 1 N–H and O–H groups in total. The predicted molar refractivity (Wildman–Crippen MR) is 89.8 cm³/mol. The normalized spacial score (nSPS) is 21.7. The third-order valence-electron chi connectivity index (χ3n) is 4.30. The van der Waals surface area contributed by atoms with E-state index in [9.17, 15) is 4.79 Å². The molecule has 0 aliphatic heterocycles. The van der Waals surface area contributed by atoms with Gasteiger partial charge in [0, 0.05) is 11.4 Å². The highest BCUT2D eigenvalue weighted by Gasteiger charge is 2.22. The number of amides is 1. The zero-order valence-corrected chi connectivity index (χ0v) is 13.6. The van der Waals surface area contributed by atoms with Crippen LogP contribution in [-0.2, 0) is 4.79 Å². The Morgan fingerprint density at radius 1 is 1.27 bits per heavy atom. The molecule has 0 spiro atoms. The molecule has 0 saturated heterocycles. The minimum atomic E-state index is 0.103. The molecule has 2 atom stereocenters. The zero-order valence-electron chi connectivity index (χ0n) is 12.8. The first-order valence-electron chi connectivity index (χ1n) is 7.86. The second-order valence-corrected chi connectivity index (χ2v) is 6.88. The van der Waals surface area contributed by atoms with Crippen molar-refractivity contribution in [1.29, 1.82) is 0 Å². The van der Waals surface area contributed by atoms with Crippen LogP contribution in [0.25, 0.3) is 10.9 Å². The van der Waals surface area contributed by atoms with Crippen molar-refractivity contribution < 1.29 is 4.79 Å². The number of rotatable bonds is 4. The maximum atomic E-state index is 12.2. The minimum absolute atomic E-state index is 0.103. The van der Waals surface area contributed by atoms with E-state index >= 15 is 0 Å². The molecule has 1 heterocycles.